The molecular formula is C16H21N3O. The van der Waals surface area contributed by atoms with Gasteiger partial charge in [-0.15, -0.1) is 0 Å². The van der Waals surface area contributed by atoms with Crippen LogP contribution in [-0.4, -0.2) is 15.7 Å². The van der Waals surface area contributed by atoms with E-state index in [1.54, 1.807) is 6.20 Å². The van der Waals surface area contributed by atoms with Crippen LogP contribution in [0.2, 0.25) is 0 Å². The second-order valence-corrected chi connectivity index (χ2v) is 5.55. The van der Waals surface area contributed by atoms with E-state index in [1.165, 1.54) is 5.56 Å². The summed E-state index contributed by atoms with van der Waals surface area (Å²) in [5, 5.41) is 7.16. The number of carbonyl (C=O) groups excluding carboxylic acids is 1. The predicted octanol–water partition coefficient (Wildman–Crippen LogP) is 3.41. The van der Waals surface area contributed by atoms with Gasteiger partial charge in [-0.1, -0.05) is 19.9 Å². The highest BCUT2D eigenvalue weighted by molar-refractivity contribution is 6.03. The lowest BCUT2D eigenvalue weighted by molar-refractivity contribution is 0.102. The predicted molar refractivity (Wildman–Crippen MR) is 80.9 cm³/mol. The van der Waals surface area contributed by atoms with Crippen LogP contribution >= 0.6 is 0 Å². The maximum Gasteiger partial charge on any atom is 0.256 e. The van der Waals surface area contributed by atoms with E-state index in [4.69, 9.17) is 0 Å². The molecule has 0 aliphatic rings. The Balaban J connectivity index is 2.15. The van der Waals surface area contributed by atoms with Crippen molar-refractivity contribution in [1.29, 1.82) is 0 Å². The average Bonchev–Trinajstić information content (AvgIpc) is 2.79. The number of rotatable bonds is 4. The molecule has 0 fully saturated rings. The first-order valence-corrected chi connectivity index (χ1v) is 6.88. The summed E-state index contributed by atoms with van der Waals surface area (Å²) in [6.07, 6.45) is 1.71. The van der Waals surface area contributed by atoms with Crippen molar-refractivity contribution < 1.29 is 4.79 Å². The summed E-state index contributed by atoms with van der Waals surface area (Å²) in [4.78, 5) is 12.3. The van der Waals surface area contributed by atoms with Gasteiger partial charge < -0.3 is 5.32 Å². The summed E-state index contributed by atoms with van der Waals surface area (Å²) in [5.41, 5.74) is 2.98. The van der Waals surface area contributed by atoms with Crippen LogP contribution in [0.5, 0.6) is 0 Å². The van der Waals surface area contributed by atoms with Crippen LogP contribution in [0.15, 0.2) is 30.5 Å². The number of carbonyl (C=O) groups is 1. The van der Waals surface area contributed by atoms with Gasteiger partial charge >= 0.3 is 0 Å². The molecule has 0 aliphatic heterocycles. The average molecular weight is 271 g/mol. The van der Waals surface area contributed by atoms with Crippen LogP contribution in [0.1, 0.15) is 35.3 Å². The van der Waals surface area contributed by atoms with Gasteiger partial charge in [0.2, 0.25) is 0 Å². The van der Waals surface area contributed by atoms with E-state index >= 15 is 0 Å². The van der Waals surface area contributed by atoms with Gasteiger partial charge in [-0.3, -0.25) is 4.79 Å². The number of hydrogen-bond acceptors (Lipinski definition) is 2. The molecule has 2 aromatic rings. The van der Waals surface area contributed by atoms with E-state index in [0.29, 0.717) is 11.5 Å². The summed E-state index contributed by atoms with van der Waals surface area (Å²) >= 11 is 0. The molecule has 2 rings (SSSR count). The third-order valence-electron chi connectivity index (χ3n) is 3.27. The van der Waals surface area contributed by atoms with Gasteiger partial charge in [0.1, 0.15) is 5.82 Å². The number of nitrogens with zero attached hydrogens (tertiary/aromatic N) is 2. The van der Waals surface area contributed by atoms with Crippen molar-refractivity contribution in [3.8, 4) is 0 Å². The van der Waals surface area contributed by atoms with Gasteiger partial charge in [-0.2, -0.15) is 5.10 Å². The second kappa shape index (κ2) is 5.90. The Bertz CT molecular complexity index is 614. The largest absolute Gasteiger partial charge is 0.307 e. The van der Waals surface area contributed by atoms with Gasteiger partial charge in [-0.05, 0) is 43.0 Å². The van der Waals surface area contributed by atoms with Crippen molar-refractivity contribution in [2.24, 2.45) is 5.92 Å². The standard InChI is InChI=1S/C16H21N3O/c1-11(2)10-19-15(7-8-17-19)18-16(20)14-6-5-12(3)13(4)9-14/h5-9,11H,10H2,1-4H3,(H,18,20). The van der Waals surface area contributed by atoms with Crippen molar-refractivity contribution in [1.82, 2.24) is 9.78 Å². The van der Waals surface area contributed by atoms with Gasteiger partial charge in [-0.25, -0.2) is 4.68 Å². The lowest BCUT2D eigenvalue weighted by Crippen LogP contribution is -2.17. The molecule has 0 saturated carbocycles. The molecule has 20 heavy (non-hydrogen) atoms. The Morgan fingerprint density at radius 1 is 1.25 bits per heavy atom. The highest BCUT2D eigenvalue weighted by atomic mass is 16.1. The number of nitrogens with one attached hydrogen (secondary N) is 1. The van der Waals surface area contributed by atoms with E-state index in [9.17, 15) is 4.79 Å². The fourth-order valence-electron chi connectivity index (χ4n) is 2.00. The van der Waals surface area contributed by atoms with E-state index in [2.05, 4.69) is 24.3 Å². The first-order valence-electron chi connectivity index (χ1n) is 6.88. The van der Waals surface area contributed by atoms with Gasteiger partial charge in [0, 0.05) is 18.2 Å². The molecular weight excluding hydrogens is 250 g/mol. The van der Waals surface area contributed by atoms with Crippen LogP contribution in [0.25, 0.3) is 0 Å². The van der Waals surface area contributed by atoms with Crippen molar-refractivity contribution >= 4 is 11.7 Å². The summed E-state index contributed by atoms with van der Waals surface area (Å²) in [7, 11) is 0. The minimum atomic E-state index is -0.0985. The van der Waals surface area contributed by atoms with Crippen LogP contribution in [0, 0.1) is 19.8 Å². The van der Waals surface area contributed by atoms with Crippen molar-refractivity contribution in [2.45, 2.75) is 34.2 Å². The normalized spacial score (nSPS) is 10.8. The minimum Gasteiger partial charge on any atom is -0.307 e. The van der Waals surface area contributed by atoms with E-state index < -0.39 is 0 Å². The first-order chi connectivity index (χ1) is 9.47. The number of aryl methyl sites for hydroxylation is 2. The second-order valence-electron chi connectivity index (χ2n) is 5.55. The quantitative estimate of drug-likeness (QED) is 0.926. The van der Waals surface area contributed by atoms with Crippen molar-refractivity contribution in [2.75, 3.05) is 5.32 Å². The molecule has 0 unspecified atom stereocenters. The third-order valence-corrected chi connectivity index (χ3v) is 3.27. The Morgan fingerprint density at radius 3 is 2.65 bits per heavy atom. The molecule has 106 valence electrons. The number of aromatic nitrogens is 2. The lowest BCUT2D eigenvalue weighted by atomic mass is 10.1. The topological polar surface area (TPSA) is 46.9 Å². The van der Waals surface area contributed by atoms with Gasteiger partial charge in [0.25, 0.3) is 5.91 Å². The molecule has 4 heteroatoms. The van der Waals surface area contributed by atoms with Gasteiger partial charge in [0.15, 0.2) is 0 Å². The Morgan fingerprint density at radius 2 is 2.00 bits per heavy atom. The van der Waals surface area contributed by atoms with Gasteiger partial charge in [0.05, 0.1) is 6.20 Å². The maximum absolute atomic E-state index is 12.3. The van der Waals surface area contributed by atoms with Crippen LogP contribution in [0.4, 0.5) is 5.82 Å². The maximum atomic E-state index is 12.3. The smallest absolute Gasteiger partial charge is 0.256 e. The summed E-state index contributed by atoms with van der Waals surface area (Å²) in [6, 6.07) is 7.55. The molecule has 4 nitrogen and oxygen atoms in total. The first kappa shape index (κ1) is 14.3. The lowest BCUT2D eigenvalue weighted by Gasteiger charge is -2.11. The molecule has 0 aliphatic carbocycles. The fourth-order valence-corrected chi connectivity index (χ4v) is 2.00. The van der Waals surface area contributed by atoms with Crippen molar-refractivity contribution in [3.05, 3.63) is 47.2 Å². The fraction of sp³-hybridized carbons (Fsp3) is 0.375. The van der Waals surface area contributed by atoms with E-state index in [0.717, 1.165) is 17.9 Å². The molecule has 0 atom stereocenters. The molecule has 1 aromatic carbocycles. The SMILES string of the molecule is Cc1ccc(C(=O)Nc2ccnn2CC(C)C)cc1C. The molecule has 1 amide bonds. The summed E-state index contributed by atoms with van der Waals surface area (Å²) < 4.78 is 1.82. The molecule has 0 bridgehead atoms. The molecule has 0 saturated heterocycles. The number of hydrogen-bond donors (Lipinski definition) is 1. The number of benzene rings is 1. The Kier molecular flexibility index (Phi) is 4.23. The number of amides is 1. The minimum absolute atomic E-state index is 0.0985. The molecule has 1 aromatic heterocycles. The molecule has 0 radical (unpaired) electrons. The van der Waals surface area contributed by atoms with Crippen LogP contribution < -0.4 is 5.32 Å². The number of anilines is 1. The third kappa shape index (κ3) is 3.26. The Labute approximate surface area is 119 Å². The Hall–Kier alpha value is -2.10. The summed E-state index contributed by atoms with van der Waals surface area (Å²) in [5.74, 6) is 1.12. The zero-order valence-electron chi connectivity index (χ0n) is 12.5. The van der Waals surface area contributed by atoms with E-state index in [1.807, 2.05) is 42.8 Å². The van der Waals surface area contributed by atoms with Crippen LogP contribution in [0.3, 0.4) is 0 Å². The van der Waals surface area contributed by atoms with Crippen molar-refractivity contribution in [3.63, 3.8) is 0 Å². The van der Waals surface area contributed by atoms with Crippen LogP contribution in [-0.2, 0) is 6.54 Å². The van der Waals surface area contributed by atoms with E-state index in [-0.39, 0.29) is 5.91 Å². The highest BCUT2D eigenvalue weighted by Crippen LogP contribution is 2.14. The zero-order chi connectivity index (χ0) is 14.7. The molecule has 1 N–H and O–H groups in total. The highest BCUT2D eigenvalue weighted by Gasteiger charge is 2.11. The molecule has 0 spiro atoms. The monoisotopic (exact) mass is 271 g/mol. The summed E-state index contributed by atoms with van der Waals surface area (Å²) in [6.45, 7) is 9.08. The molecule has 1 heterocycles. The zero-order valence-corrected chi connectivity index (χ0v) is 12.5.